The number of benzene rings is 2. The zero-order valence-corrected chi connectivity index (χ0v) is 31.7. The third-order valence-corrected chi connectivity index (χ3v) is 10.5. The minimum Gasteiger partial charge on any atom is -0.378 e. The highest BCUT2D eigenvalue weighted by Crippen LogP contribution is 2.21. The van der Waals surface area contributed by atoms with E-state index in [1.54, 1.807) is 31.4 Å². The fourth-order valence-corrected chi connectivity index (χ4v) is 6.88. The van der Waals surface area contributed by atoms with E-state index in [2.05, 4.69) is 82.6 Å². The second-order valence-electron chi connectivity index (χ2n) is 12.5. The van der Waals surface area contributed by atoms with E-state index in [0.29, 0.717) is 26.2 Å². The van der Waals surface area contributed by atoms with Crippen LogP contribution in [0.2, 0.25) is 0 Å². The van der Waals surface area contributed by atoms with E-state index in [0.717, 1.165) is 33.8 Å². The molecule has 0 aliphatic rings. The molecule has 0 saturated heterocycles. The number of rotatable bonds is 17. The molecule has 2 amide bonds. The summed E-state index contributed by atoms with van der Waals surface area (Å²) in [5, 5.41) is 0. The summed E-state index contributed by atoms with van der Waals surface area (Å²) < 4.78 is 3.82. The average molecular weight is 711 g/mol. The molecule has 0 spiro atoms. The van der Waals surface area contributed by atoms with E-state index >= 15 is 0 Å². The molecule has 10 heteroatoms. The van der Waals surface area contributed by atoms with E-state index in [1.165, 1.54) is 11.4 Å². The molecule has 262 valence electrons. The molecular weight excluding hydrogens is 661 g/mol. The van der Waals surface area contributed by atoms with Gasteiger partial charge in [0.2, 0.25) is 13.1 Å². The van der Waals surface area contributed by atoms with Crippen molar-refractivity contribution in [2.75, 3.05) is 76.7 Å². The lowest BCUT2D eigenvalue weighted by atomic mass is 10.1. The van der Waals surface area contributed by atoms with Crippen LogP contribution in [0.3, 0.4) is 0 Å². The summed E-state index contributed by atoms with van der Waals surface area (Å²) in [4.78, 5) is 33.3. The van der Waals surface area contributed by atoms with Crippen molar-refractivity contribution in [2.45, 2.75) is 13.1 Å². The maximum atomic E-state index is 12.8. The Labute approximate surface area is 306 Å². The summed E-state index contributed by atoms with van der Waals surface area (Å²) in [5.74, 6) is 1.80. The van der Waals surface area contributed by atoms with Crippen molar-refractivity contribution < 1.29 is 18.7 Å². The van der Waals surface area contributed by atoms with Gasteiger partial charge < -0.3 is 19.6 Å². The van der Waals surface area contributed by atoms with Crippen molar-refractivity contribution in [2.24, 2.45) is 0 Å². The molecule has 2 aromatic heterocycles. The molecule has 0 unspecified atom stereocenters. The second kappa shape index (κ2) is 19.6. The number of nitrogens with zero attached hydrogens (tertiary/aromatic N) is 6. The van der Waals surface area contributed by atoms with Gasteiger partial charge in [0.25, 0.3) is 11.8 Å². The van der Waals surface area contributed by atoms with Crippen LogP contribution in [0, 0.1) is 0 Å². The molecule has 0 fully saturated rings. The lowest BCUT2D eigenvalue weighted by Gasteiger charge is -2.16. The molecule has 0 aliphatic carbocycles. The topological polar surface area (TPSA) is 54.9 Å². The predicted molar refractivity (Wildman–Crippen MR) is 213 cm³/mol. The van der Waals surface area contributed by atoms with Crippen LogP contribution in [-0.4, -0.2) is 88.5 Å². The van der Waals surface area contributed by atoms with Crippen LogP contribution in [0.1, 0.15) is 22.3 Å². The highest BCUT2D eigenvalue weighted by Gasteiger charge is 2.16. The number of hydrogen-bond acceptors (Lipinski definition) is 6. The molecule has 0 atom stereocenters. The Balaban J connectivity index is 1.08. The van der Waals surface area contributed by atoms with Crippen molar-refractivity contribution in [1.29, 1.82) is 0 Å². The lowest BCUT2D eigenvalue weighted by molar-refractivity contribution is -0.685. The van der Waals surface area contributed by atoms with Crippen LogP contribution in [0.4, 0.5) is 11.4 Å². The molecule has 0 radical (unpaired) electrons. The first-order chi connectivity index (χ1) is 24.1. The van der Waals surface area contributed by atoms with Crippen LogP contribution >= 0.6 is 21.6 Å². The van der Waals surface area contributed by atoms with Gasteiger partial charge in [-0.15, -0.1) is 0 Å². The zero-order valence-electron chi connectivity index (χ0n) is 30.1. The molecule has 4 rings (SSSR count). The molecular formula is C40H50N6O2S2+2. The summed E-state index contributed by atoms with van der Waals surface area (Å²) >= 11 is 0. The van der Waals surface area contributed by atoms with Crippen LogP contribution in [-0.2, 0) is 22.7 Å². The van der Waals surface area contributed by atoms with E-state index in [1.807, 2.05) is 100 Å². The Morgan fingerprint density at radius 2 is 0.800 bits per heavy atom. The summed E-state index contributed by atoms with van der Waals surface area (Å²) in [5.41, 5.74) is 6.80. The number of carbonyl (C=O) groups excluding carboxylic acids is 2. The first kappa shape index (κ1) is 38.3. The molecule has 2 aromatic carbocycles. The number of hydrogen-bond donors (Lipinski definition) is 0. The van der Waals surface area contributed by atoms with E-state index in [4.69, 9.17) is 0 Å². The standard InChI is InChI=1S/C40H50N6O2S2/c1-41(2)37-15-11-33(12-16-37)7-9-35-19-23-45(24-20-35)31-39(47)43(5)27-29-49-50-30-28-44(6)40(48)32-46-25-21-36(22-26-46)10-8-34-13-17-38(18-14-34)42(3)4/h7-26H,27-32H2,1-6H3/q+2. The van der Waals surface area contributed by atoms with Gasteiger partial charge in [-0.3, -0.25) is 9.59 Å². The van der Waals surface area contributed by atoms with Gasteiger partial charge in [-0.25, -0.2) is 0 Å². The van der Waals surface area contributed by atoms with E-state index in [9.17, 15) is 9.59 Å². The van der Waals surface area contributed by atoms with Gasteiger partial charge in [0.05, 0.1) is 0 Å². The quantitative estimate of drug-likeness (QED) is 0.0793. The molecule has 8 nitrogen and oxygen atoms in total. The number of likely N-dealkylation sites (N-methyl/N-ethyl adjacent to an activating group) is 2. The minimum absolute atomic E-state index is 0.0756. The zero-order chi connectivity index (χ0) is 35.9. The highest BCUT2D eigenvalue weighted by atomic mass is 33.1. The molecule has 50 heavy (non-hydrogen) atoms. The molecule has 4 aromatic rings. The maximum Gasteiger partial charge on any atom is 0.288 e. The van der Waals surface area contributed by atoms with E-state index in [-0.39, 0.29) is 11.8 Å². The number of pyridine rings is 2. The Morgan fingerprint density at radius 3 is 1.10 bits per heavy atom. The predicted octanol–water partition coefficient (Wildman–Crippen LogP) is 5.73. The van der Waals surface area contributed by atoms with Gasteiger partial charge in [-0.2, -0.15) is 9.13 Å². The van der Waals surface area contributed by atoms with Crippen LogP contribution in [0.25, 0.3) is 24.3 Å². The fraction of sp³-hybridized carbons (Fsp3) is 0.300. The first-order valence-corrected chi connectivity index (χ1v) is 19.2. The van der Waals surface area contributed by atoms with Crippen LogP contribution in [0.5, 0.6) is 0 Å². The fourth-order valence-electron chi connectivity index (χ4n) is 4.79. The van der Waals surface area contributed by atoms with Crippen molar-refractivity contribution >= 4 is 69.1 Å². The third kappa shape index (κ3) is 12.7. The van der Waals surface area contributed by atoms with Crippen molar-refractivity contribution in [3.63, 3.8) is 0 Å². The number of anilines is 2. The monoisotopic (exact) mass is 710 g/mol. The number of aromatic nitrogens is 2. The molecule has 0 bridgehead atoms. The van der Waals surface area contributed by atoms with Gasteiger partial charge in [0.15, 0.2) is 24.8 Å². The van der Waals surface area contributed by atoms with Crippen LogP contribution in [0.15, 0.2) is 97.6 Å². The summed E-state index contributed by atoms with van der Waals surface area (Å²) in [6, 6.07) is 24.9. The van der Waals surface area contributed by atoms with Gasteiger partial charge in [-0.1, -0.05) is 70.2 Å². The normalized spacial score (nSPS) is 11.2. The third-order valence-electron chi connectivity index (χ3n) is 8.18. The van der Waals surface area contributed by atoms with Gasteiger partial charge >= 0.3 is 0 Å². The smallest absolute Gasteiger partial charge is 0.288 e. The van der Waals surface area contributed by atoms with Crippen molar-refractivity contribution in [3.8, 4) is 0 Å². The SMILES string of the molecule is CN(CCSSCCN(C)C(=O)C[n+]1ccc(/C=C/c2ccc(N(C)C)cc2)cc1)C(=O)C[n+]1ccc(/C=C/c2ccc(N(C)C)cc2)cc1. The Morgan fingerprint density at radius 1 is 0.500 bits per heavy atom. The molecule has 0 aliphatic heterocycles. The summed E-state index contributed by atoms with van der Waals surface area (Å²) in [7, 11) is 15.3. The summed E-state index contributed by atoms with van der Waals surface area (Å²) in [6.45, 7) is 1.95. The maximum absolute atomic E-state index is 12.8. The highest BCUT2D eigenvalue weighted by molar-refractivity contribution is 8.76. The second-order valence-corrected chi connectivity index (χ2v) is 15.2. The molecule has 0 saturated carbocycles. The van der Waals surface area contributed by atoms with Crippen molar-refractivity contribution in [3.05, 3.63) is 120 Å². The van der Waals surface area contributed by atoms with E-state index < -0.39 is 0 Å². The number of carbonyl (C=O) groups is 2. The Hall–Kier alpha value is -4.54. The Kier molecular flexibility index (Phi) is 15.0. The molecule has 0 N–H and O–H groups in total. The van der Waals surface area contributed by atoms with Gasteiger partial charge in [-0.05, 0) is 46.5 Å². The van der Waals surface area contributed by atoms with Crippen molar-refractivity contribution in [1.82, 2.24) is 9.80 Å². The van der Waals surface area contributed by atoms with Gasteiger partial charge in [0.1, 0.15) is 0 Å². The number of amides is 2. The lowest BCUT2D eigenvalue weighted by Crippen LogP contribution is -2.43. The summed E-state index contributed by atoms with van der Waals surface area (Å²) in [6.07, 6.45) is 16.1. The Bertz CT molecular complexity index is 1580. The average Bonchev–Trinajstić information content (AvgIpc) is 3.12. The van der Waals surface area contributed by atoms with Gasteiger partial charge in [0, 0.05) is 103 Å². The molecule has 2 heterocycles. The first-order valence-electron chi connectivity index (χ1n) is 16.7. The minimum atomic E-state index is 0.0756. The largest absolute Gasteiger partial charge is 0.378 e. The van der Waals surface area contributed by atoms with Crippen LogP contribution < -0.4 is 18.9 Å².